The number of ether oxygens (including phenoxy) is 1. The van der Waals surface area contributed by atoms with Crippen LogP contribution in [0.4, 0.5) is 5.69 Å². The smallest absolute Gasteiger partial charge is 0.210 e. The summed E-state index contributed by atoms with van der Waals surface area (Å²) in [5.41, 5.74) is 3.21. The second-order valence-corrected chi connectivity index (χ2v) is 3.18. The molecule has 0 atom stereocenters. The Morgan fingerprint density at radius 3 is 2.88 bits per heavy atom. The fourth-order valence-electron chi connectivity index (χ4n) is 1.12. The van der Waals surface area contributed by atoms with E-state index in [9.17, 15) is 0 Å². The van der Waals surface area contributed by atoms with Gasteiger partial charge in [-0.1, -0.05) is 0 Å². The predicted molar refractivity (Wildman–Crippen MR) is 66.4 cm³/mol. The third-order valence-electron chi connectivity index (χ3n) is 1.88. The molecule has 1 heterocycles. The molecule has 0 fully saturated rings. The number of hydrogen-bond acceptors (Lipinski definition) is 5. The zero-order valence-corrected chi connectivity index (χ0v) is 9.89. The molecule has 17 heavy (non-hydrogen) atoms. The summed E-state index contributed by atoms with van der Waals surface area (Å²) in [6.07, 6.45) is 5.59. The third kappa shape index (κ3) is 5.79. The fourth-order valence-corrected chi connectivity index (χ4v) is 1.12. The van der Waals surface area contributed by atoms with Crippen LogP contribution in [0.3, 0.4) is 0 Å². The number of guanidine groups is 1. The Balaban J connectivity index is 2.35. The van der Waals surface area contributed by atoms with Crippen molar-refractivity contribution in [3.63, 3.8) is 0 Å². The molecular formula is C10H18N6O. The molecule has 0 aliphatic heterocycles. The SMILES string of the molecule is CCOCCCN=C(NN)Nc1cncnc1. The first-order valence-corrected chi connectivity index (χ1v) is 5.47. The van der Waals surface area contributed by atoms with Gasteiger partial charge in [0.25, 0.3) is 0 Å². The third-order valence-corrected chi connectivity index (χ3v) is 1.88. The van der Waals surface area contributed by atoms with Crippen LogP contribution in [0.2, 0.25) is 0 Å². The number of nitrogens with two attached hydrogens (primary N) is 1. The van der Waals surface area contributed by atoms with Gasteiger partial charge in [0.15, 0.2) is 0 Å². The molecule has 4 N–H and O–H groups in total. The summed E-state index contributed by atoms with van der Waals surface area (Å²) in [7, 11) is 0. The number of nitrogens with zero attached hydrogens (tertiary/aromatic N) is 3. The van der Waals surface area contributed by atoms with E-state index >= 15 is 0 Å². The lowest BCUT2D eigenvalue weighted by atomic mass is 10.4. The lowest BCUT2D eigenvalue weighted by Crippen LogP contribution is -2.36. The van der Waals surface area contributed by atoms with E-state index < -0.39 is 0 Å². The van der Waals surface area contributed by atoms with Crippen molar-refractivity contribution in [2.24, 2.45) is 10.8 Å². The molecule has 1 rings (SSSR count). The zero-order valence-electron chi connectivity index (χ0n) is 9.89. The number of aromatic nitrogens is 2. The average Bonchev–Trinajstić information content (AvgIpc) is 2.38. The minimum absolute atomic E-state index is 0.483. The maximum atomic E-state index is 5.35. The van der Waals surface area contributed by atoms with Crippen LogP contribution in [0.5, 0.6) is 0 Å². The highest BCUT2D eigenvalue weighted by molar-refractivity contribution is 5.92. The Bertz CT molecular complexity index is 329. The lowest BCUT2D eigenvalue weighted by molar-refractivity contribution is 0.146. The van der Waals surface area contributed by atoms with Gasteiger partial charge in [-0.3, -0.25) is 10.4 Å². The molecule has 0 aliphatic rings. The van der Waals surface area contributed by atoms with E-state index in [1.165, 1.54) is 6.33 Å². The van der Waals surface area contributed by atoms with Gasteiger partial charge in [-0.25, -0.2) is 15.8 Å². The minimum atomic E-state index is 0.483. The Kier molecular flexibility index (Phi) is 6.61. The van der Waals surface area contributed by atoms with Crippen LogP contribution < -0.4 is 16.6 Å². The first kappa shape index (κ1) is 13.3. The Morgan fingerprint density at radius 1 is 1.47 bits per heavy atom. The maximum Gasteiger partial charge on any atom is 0.210 e. The number of anilines is 1. The van der Waals surface area contributed by atoms with E-state index in [4.69, 9.17) is 10.6 Å². The van der Waals surface area contributed by atoms with Gasteiger partial charge in [-0.05, 0) is 13.3 Å². The standard InChI is InChI=1S/C10H18N6O/c1-2-17-5-3-4-14-10(16-11)15-9-6-12-8-13-7-9/h6-8H,2-5,11H2,1H3,(H2,14,15,16). The summed E-state index contributed by atoms with van der Waals surface area (Å²) in [5, 5.41) is 2.97. The largest absolute Gasteiger partial charge is 0.382 e. The second kappa shape index (κ2) is 8.43. The summed E-state index contributed by atoms with van der Waals surface area (Å²) in [5.74, 6) is 5.83. The fraction of sp³-hybridized carbons (Fsp3) is 0.500. The number of rotatable bonds is 6. The van der Waals surface area contributed by atoms with Gasteiger partial charge in [0.2, 0.25) is 5.96 Å². The molecule has 0 aromatic carbocycles. The van der Waals surface area contributed by atoms with E-state index in [1.807, 2.05) is 6.92 Å². The van der Waals surface area contributed by atoms with Crippen molar-refractivity contribution in [2.45, 2.75) is 13.3 Å². The quantitative estimate of drug-likeness (QED) is 0.214. The highest BCUT2D eigenvalue weighted by atomic mass is 16.5. The molecule has 0 aliphatic carbocycles. The van der Waals surface area contributed by atoms with Gasteiger partial charge in [-0.15, -0.1) is 0 Å². The van der Waals surface area contributed by atoms with Gasteiger partial charge in [0, 0.05) is 19.8 Å². The summed E-state index contributed by atoms with van der Waals surface area (Å²) >= 11 is 0. The van der Waals surface area contributed by atoms with Crippen LogP contribution >= 0.6 is 0 Å². The molecule has 0 bridgehead atoms. The van der Waals surface area contributed by atoms with E-state index in [-0.39, 0.29) is 0 Å². The van der Waals surface area contributed by atoms with E-state index in [0.717, 1.165) is 18.7 Å². The molecule has 0 spiro atoms. The number of nitrogens with one attached hydrogen (secondary N) is 2. The van der Waals surface area contributed by atoms with Crippen LogP contribution in [0.1, 0.15) is 13.3 Å². The molecule has 0 amide bonds. The molecular weight excluding hydrogens is 220 g/mol. The Hall–Kier alpha value is -1.73. The molecule has 0 saturated carbocycles. The molecule has 1 aromatic heterocycles. The number of aliphatic imine (C=N–C) groups is 1. The molecule has 0 radical (unpaired) electrons. The molecule has 7 heteroatoms. The number of hydrazine groups is 1. The molecule has 1 aromatic rings. The second-order valence-electron chi connectivity index (χ2n) is 3.18. The summed E-state index contributed by atoms with van der Waals surface area (Å²) in [6.45, 7) is 4.03. The van der Waals surface area contributed by atoms with Gasteiger partial charge < -0.3 is 10.1 Å². The zero-order chi connectivity index (χ0) is 12.3. The Labute approximate surface area is 100 Å². The van der Waals surface area contributed by atoms with Gasteiger partial charge in [0.05, 0.1) is 18.1 Å². The van der Waals surface area contributed by atoms with Crippen molar-refractivity contribution >= 4 is 11.6 Å². The van der Waals surface area contributed by atoms with Crippen molar-refractivity contribution in [2.75, 3.05) is 25.1 Å². The lowest BCUT2D eigenvalue weighted by Gasteiger charge is -2.08. The van der Waals surface area contributed by atoms with Crippen LogP contribution in [-0.2, 0) is 4.74 Å². The van der Waals surface area contributed by atoms with E-state index in [1.54, 1.807) is 12.4 Å². The van der Waals surface area contributed by atoms with Crippen molar-refractivity contribution in [3.05, 3.63) is 18.7 Å². The maximum absolute atomic E-state index is 5.35. The molecule has 0 saturated heterocycles. The minimum Gasteiger partial charge on any atom is -0.382 e. The summed E-state index contributed by atoms with van der Waals surface area (Å²) in [4.78, 5) is 12.0. The first-order chi connectivity index (χ1) is 8.36. The normalized spacial score (nSPS) is 11.3. The highest BCUT2D eigenvalue weighted by Crippen LogP contribution is 1.99. The van der Waals surface area contributed by atoms with Crippen molar-refractivity contribution in [1.29, 1.82) is 0 Å². The number of hydrogen-bond donors (Lipinski definition) is 3. The predicted octanol–water partition coefficient (Wildman–Crippen LogP) is 0.134. The summed E-state index contributed by atoms with van der Waals surface area (Å²) < 4.78 is 5.21. The molecule has 0 unspecified atom stereocenters. The van der Waals surface area contributed by atoms with Gasteiger partial charge in [0.1, 0.15) is 6.33 Å². The van der Waals surface area contributed by atoms with Crippen LogP contribution in [0, 0.1) is 0 Å². The first-order valence-electron chi connectivity index (χ1n) is 5.47. The van der Waals surface area contributed by atoms with E-state index in [0.29, 0.717) is 19.1 Å². The van der Waals surface area contributed by atoms with Crippen LogP contribution in [-0.4, -0.2) is 35.7 Å². The van der Waals surface area contributed by atoms with Gasteiger partial charge >= 0.3 is 0 Å². The van der Waals surface area contributed by atoms with Crippen LogP contribution in [0.15, 0.2) is 23.7 Å². The van der Waals surface area contributed by atoms with E-state index in [2.05, 4.69) is 25.7 Å². The molecule has 94 valence electrons. The average molecular weight is 238 g/mol. The highest BCUT2D eigenvalue weighted by Gasteiger charge is 1.97. The van der Waals surface area contributed by atoms with Crippen LogP contribution in [0.25, 0.3) is 0 Å². The monoisotopic (exact) mass is 238 g/mol. The molecule has 7 nitrogen and oxygen atoms in total. The summed E-state index contributed by atoms with van der Waals surface area (Å²) in [6, 6.07) is 0. The van der Waals surface area contributed by atoms with Crippen molar-refractivity contribution in [1.82, 2.24) is 15.4 Å². The van der Waals surface area contributed by atoms with Gasteiger partial charge in [-0.2, -0.15) is 0 Å². The topological polar surface area (TPSA) is 97.5 Å². The van der Waals surface area contributed by atoms with Crippen molar-refractivity contribution in [3.8, 4) is 0 Å². The van der Waals surface area contributed by atoms with Crippen molar-refractivity contribution < 1.29 is 4.74 Å². The Morgan fingerprint density at radius 2 is 2.24 bits per heavy atom.